The normalized spacial score (nSPS) is 16.3. The van der Waals surface area contributed by atoms with Gasteiger partial charge in [-0.05, 0) is 75.0 Å². The third-order valence-electron chi connectivity index (χ3n) is 6.36. The molecule has 0 spiro atoms. The Morgan fingerprint density at radius 3 is 2.57 bits per heavy atom. The molecule has 1 fully saturated rings. The first-order valence-electron chi connectivity index (χ1n) is 12.7. The van der Waals surface area contributed by atoms with Crippen LogP contribution >= 0.6 is 0 Å². The van der Waals surface area contributed by atoms with Gasteiger partial charge in [0.05, 0.1) is 0 Å². The lowest BCUT2D eigenvalue weighted by Crippen LogP contribution is -2.29. The molecule has 0 bridgehead atoms. The van der Waals surface area contributed by atoms with Crippen LogP contribution in [0.4, 0.5) is 0 Å². The molecule has 1 saturated heterocycles. The molecule has 1 unspecified atom stereocenters. The minimum Gasteiger partial charge on any atom is -0.486 e. The molecule has 186 valence electrons. The minimum atomic E-state index is -0.104. The number of aliphatic imine (C=N–C) groups is 1. The fourth-order valence-electron chi connectivity index (χ4n) is 4.53. The van der Waals surface area contributed by atoms with Crippen LogP contribution in [0.15, 0.2) is 53.5 Å². The Morgan fingerprint density at radius 2 is 1.77 bits per heavy atom. The van der Waals surface area contributed by atoms with Gasteiger partial charge in [0.25, 0.3) is 5.91 Å². The summed E-state index contributed by atoms with van der Waals surface area (Å²) < 4.78 is 11.4. The van der Waals surface area contributed by atoms with Crippen molar-refractivity contribution < 1.29 is 19.1 Å². The Hall–Kier alpha value is -3.19. The highest BCUT2D eigenvalue weighted by atomic mass is 16.6. The average Bonchev–Trinajstić information content (AvgIpc) is 3.40. The second kappa shape index (κ2) is 13.0. The number of carbonyl (C=O) groups is 2. The molecule has 0 saturated carbocycles. The Labute approximate surface area is 207 Å². The fraction of sp³-hybridized carbons (Fsp3) is 0.464. The Kier molecular flexibility index (Phi) is 9.29. The first-order valence-corrected chi connectivity index (χ1v) is 12.7. The summed E-state index contributed by atoms with van der Waals surface area (Å²) in [7, 11) is 0. The van der Waals surface area contributed by atoms with Gasteiger partial charge in [0.1, 0.15) is 13.2 Å². The summed E-state index contributed by atoms with van der Waals surface area (Å²) in [5.74, 6) is 1.55. The van der Waals surface area contributed by atoms with Crippen LogP contribution in [0.1, 0.15) is 48.0 Å². The molecular weight excluding hydrogens is 442 g/mol. The molecule has 0 aromatic heterocycles. The summed E-state index contributed by atoms with van der Waals surface area (Å²) in [5, 5.41) is 2.90. The largest absolute Gasteiger partial charge is 0.486 e. The molecule has 7 nitrogen and oxygen atoms in total. The maximum absolute atomic E-state index is 12.4. The van der Waals surface area contributed by atoms with Crippen LogP contribution in [0.5, 0.6) is 11.5 Å². The van der Waals surface area contributed by atoms with Crippen LogP contribution in [-0.2, 0) is 11.2 Å². The quantitative estimate of drug-likeness (QED) is 0.392. The van der Waals surface area contributed by atoms with Crippen LogP contribution < -0.4 is 14.8 Å². The Bertz CT molecular complexity index is 1000. The predicted octanol–water partition coefficient (Wildman–Crippen LogP) is 3.91. The number of hydrogen-bond acceptors (Lipinski definition) is 5. The number of likely N-dealkylation sites (tertiary alicyclic amines) is 1. The number of amides is 2. The SMILES string of the molecule is O=C(CCCCNC(=O)c1ccccc1)N=CC(Cc1ccc2c(c1)OCCO2)CN1CCCC1. The van der Waals surface area contributed by atoms with Crippen LogP contribution in [0.3, 0.4) is 0 Å². The molecule has 1 atom stereocenters. The van der Waals surface area contributed by atoms with Crippen LogP contribution in [-0.4, -0.2) is 62.3 Å². The summed E-state index contributed by atoms with van der Waals surface area (Å²) >= 11 is 0. The van der Waals surface area contributed by atoms with E-state index in [2.05, 4.69) is 21.3 Å². The van der Waals surface area contributed by atoms with E-state index < -0.39 is 0 Å². The van der Waals surface area contributed by atoms with Gasteiger partial charge in [-0.15, -0.1) is 0 Å². The molecule has 2 aromatic carbocycles. The van der Waals surface area contributed by atoms with Crippen molar-refractivity contribution in [2.45, 2.75) is 38.5 Å². The van der Waals surface area contributed by atoms with Crippen molar-refractivity contribution in [3.63, 3.8) is 0 Å². The molecule has 4 rings (SSSR count). The molecule has 0 aliphatic carbocycles. The number of ether oxygens (including phenoxy) is 2. The maximum atomic E-state index is 12.4. The van der Waals surface area contributed by atoms with Gasteiger partial charge in [0.2, 0.25) is 5.91 Å². The summed E-state index contributed by atoms with van der Waals surface area (Å²) in [6, 6.07) is 15.2. The molecule has 2 aliphatic heterocycles. The number of fused-ring (bicyclic) bond motifs is 1. The zero-order valence-corrected chi connectivity index (χ0v) is 20.3. The molecule has 1 N–H and O–H groups in total. The minimum absolute atomic E-state index is 0.0844. The van der Waals surface area contributed by atoms with Gasteiger partial charge in [-0.2, -0.15) is 0 Å². The van der Waals surface area contributed by atoms with E-state index in [9.17, 15) is 9.59 Å². The van der Waals surface area contributed by atoms with E-state index in [1.54, 1.807) is 12.1 Å². The van der Waals surface area contributed by atoms with E-state index >= 15 is 0 Å². The number of benzene rings is 2. The van der Waals surface area contributed by atoms with Crippen LogP contribution in [0.2, 0.25) is 0 Å². The highest BCUT2D eigenvalue weighted by Crippen LogP contribution is 2.31. The lowest BCUT2D eigenvalue weighted by molar-refractivity contribution is -0.117. The standard InChI is InChI=1S/C28H35N3O4/c32-27(10-4-5-13-29-28(33)24-8-2-1-3-9-24)30-20-23(21-31-14-6-7-15-31)18-22-11-12-25-26(19-22)35-17-16-34-25/h1-3,8-9,11-12,19-20,23H,4-7,10,13-18,21H2,(H,29,33). The number of nitrogens with zero attached hydrogens (tertiary/aromatic N) is 2. The highest BCUT2D eigenvalue weighted by Gasteiger charge is 2.19. The van der Waals surface area contributed by atoms with Gasteiger partial charge in [-0.3, -0.25) is 9.59 Å². The second-order valence-electron chi connectivity index (χ2n) is 9.20. The van der Waals surface area contributed by atoms with E-state index in [-0.39, 0.29) is 17.7 Å². The van der Waals surface area contributed by atoms with Crippen molar-refractivity contribution in [1.82, 2.24) is 10.2 Å². The smallest absolute Gasteiger partial charge is 0.251 e. The zero-order valence-electron chi connectivity index (χ0n) is 20.3. The molecule has 2 aliphatic rings. The number of nitrogens with one attached hydrogen (secondary N) is 1. The topological polar surface area (TPSA) is 80.2 Å². The first-order chi connectivity index (χ1) is 17.2. The van der Waals surface area contributed by atoms with E-state index in [1.807, 2.05) is 36.5 Å². The molecular formula is C28H35N3O4. The van der Waals surface area contributed by atoms with Crippen molar-refractivity contribution in [3.8, 4) is 11.5 Å². The third kappa shape index (κ3) is 7.92. The van der Waals surface area contributed by atoms with Crippen LogP contribution in [0.25, 0.3) is 0 Å². The lowest BCUT2D eigenvalue weighted by Gasteiger charge is -2.22. The van der Waals surface area contributed by atoms with Crippen molar-refractivity contribution in [3.05, 3.63) is 59.7 Å². The summed E-state index contributed by atoms with van der Waals surface area (Å²) in [6.07, 6.45) is 6.93. The van der Waals surface area contributed by atoms with Gasteiger partial charge < -0.3 is 19.7 Å². The number of carbonyl (C=O) groups excluding carboxylic acids is 2. The van der Waals surface area contributed by atoms with Gasteiger partial charge in [0, 0.05) is 37.2 Å². The Balaban J connectivity index is 1.24. The second-order valence-corrected chi connectivity index (χ2v) is 9.20. The Morgan fingerprint density at radius 1 is 1.00 bits per heavy atom. The van der Waals surface area contributed by atoms with Crippen LogP contribution in [0, 0.1) is 5.92 Å². The van der Waals surface area contributed by atoms with Gasteiger partial charge in [-0.25, -0.2) is 4.99 Å². The third-order valence-corrected chi connectivity index (χ3v) is 6.36. The van der Waals surface area contributed by atoms with Gasteiger partial charge in [0.15, 0.2) is 11.5 Å². The number of rotatable bonds is 11. The van der Waals surface area contributed by atoms with E-state index in [0.29, 0.717) is 38.2 Å². The predicted molar refractivity (Wildman–Crippen MR) is 136 cm³/mol. The number of unbranched alkanes of at least 4 members (excludes halogenated alkanes) is 1. The molecule has 7 heteroatoms. The number of hydrogen-bond donors (Lipinski definition) is 1. The lowest BCUT2D eigenvalue weighted by atomic mass is 9.99. The van der Waals surface area contributed by atoms with Crippen molar-refractivity contribution in [2.75, 3.05) is 39.4 Å². The van der Waals surface area contributed by atoms with Crippen molar-refractivity contribution in [1.29, 1.82) is 0 Å². The molecule has 2 aromatic rings. The van der Waals surface area contributed by atoms with Gasteiger partial charge in [-0.1, -0.05) is 24.3 Å². The van der Waals surface area contributed by atoms with Crippen molar-refractivity contribution in [2.24, 2.45) is 10.9 Å². The molecule has 35 heavy (non-hydrogen) atoms. The maximum Gasteiger partial charge on any atom is 0.251 e. The fourth-order valence-corrected chi connectivity index (χ4v) is 4.53. The summed E-state index contributed by atoms with van der Waals surface area (Å²) in [6.45, 7) is 4.81. The monoisotopic (exact) mass is 477 g/mol. The molecule has 2 amide bonds. The van der Waals surface area contributed by atoms with E-state index in [0.717, 1.165) is 49.5 Å². The zero-order chi connectivity index (χ0) is 24.3. The summed E-state index contributed by atoms with van der Waals surface area (Å²) in [4.78, 5) is 31.2. The average molecular weight is 478 g/mol. The molecule has 2 heterocycles. The van der Waals surface area contributed by atoms with E-state index in [1.165, 1.54) is 12.8 Å². The van der Waals surface area contributed by atoms with Crippen molar-refractivity contribution >= 4 is 18.0 Å². The first kappa shape index (κ1) is 24.9. The summed E-state index contributed by atoms with van der Waals surface area (Å²) in [5.41, 5.74) is 1.81. The van der Waals surface area contributed by atoms with Gasteiger partial charge >= 0.3 is 0 Å². The van der Waals surface area contributed by atoms with E-state index in [4.69, 9.17) is 9.47 Å². The highest BCUT2D eigenvalue weighted by molar-refractivity contribution is 5.94. The molecule has 0 radical (unpaired) electrons.